The predicted molar refractivity (Wildman–Crippen MR) is 110 cm³/mol. The monoisotopic (exact) mass is 484 g/mol. The largest absolute Gasteiger partial charge is 0.326 e. The molecule has 0 saturated carbocycles. The summed E-state index contributed by atoms with van der Waals surface area (Å²) in [6.07, 6.45) is 3.06. The van der Waals surface area contributed by atoms with Crippen molar-refractivity contribution in [1.82, 2.24) is 9.78 Å². The third kappa shape index (κ3) is 4.67. The number of rotatable bonds is 5. The number of carbonyl (C=O) groups is 1. The number of halogens is 3. The van der Waals surface area contributed by atoms with Gasteiger partial charge in [-0.1, -0.05) is 11.6 Å². The molecule has 3 rings (SSSR count). The molecule has 0 spiro atoms. The number of aromatic nitrogens is 2. The Balaban J connectivity index is 1.82. The van der Waals surface area contributed by atoms with Gasteiger partial charge in [0.2, 0.25) is 5.91 Å². The zero-order valence-corrected chi connectivity index (χ0v) is 17.7. The van der Waals surface area contributed by atoms with Crippen LogP contribution in [0, 0.1) is 12.7 Å². The Morgan fingerprint density at radius 2 is 2.14 bits per heavy atom. The molecule has 1 atom stereocenters. The number of hydrogen-bond donors (Lipinski definition) is 2. The van der Waals surface area contributed by atoms with Crippen LogP contribution in [0.15, 0.2) is 52.1 Å². The standard InChI is InChI=1S/C18H15BrClFN4O2S/c1-10-4-15(21)14(19)5-11(10)6-18(26)24-13-2-3-16(17(7-13)28(22)27)25-9-12(20)8-23-25/h2-5,7-9H,6,22H2,1H3,(H,24,26). The maximum atomic E-state index is 13.5. The summed E-state index contributed by atoms with van der Waals surface area (Å²) in [4.78, 5) is 12.7. The maximum Gasteiger partial charge on any atom is 0.228 e. The second-order valence-electron chi connectivity index (χ2n) is 6.00. The van der Waals surface area contributed by atoms with E-state index in [-0.39, 0.29) is 18.1 Å². The molecule has 1 unspecified atom stereocenters. The van der Waals surface area contributed by atoms with Gasteiger partial charge in [0.25, 0.3) is 0 Å². The molecular weight excluding hydrogens is 471 g/mol. The van der Waals surface area contributed by atoms with Gasteiger partial charge in [0.15, 0.2) is 0 Å². The van der Waals surface area contributed by atoms with Crippen molar-refractivity contribution >= 4 is 50.1 Å². The lowest BCUT2D eigenvalue weighted by Crippen LogP contribution is -2.16. The van der Waals surface area contributed by atoms with Crippen LogP contribution in [-0.4, -0.2) is 19.9 Å². The fourth-order valence-electron chi connectivity index (χ4n) is 2.63. The highest BCUT2D eigenvalue weighted by Crippen LogP contribution is 2.24. The smallest absolute Gasteiger partial charge is 0.228 e. The van der Waals surface area contributed by atoms with Crippen LogP contribution < -0.4 is 10.5 Å². The third-order valence-electron chi connectivity index (χ3n) is 3.99. The second-order valence-corrected chi connectivity index (χ2v) is 8.33. The summed E-state index contributed by atoms with van der Waals surface area (Å²) in [6.45, 7) is 1.73. The lowest BCUT2D eigenvalue weighted by Gasteiger charge is -2.12. The van der Waals surface area contributed by atoms with Crippen LogP contribution >= 0.6 is 27.5 Å². The van der Waals surface area contributed by atoms with E-state index in [4.69, 9.17) is 16.7 Å². The summed E-state index contributed by atoms with van der Waals surface area (Å²) in [5, 5.41) is 12.8. The normalized spacial score (nSPS) is 12.0. The van der Waals surface area contributed by atoms with Crippen LogP contribution in [0.5, 0.6) is 0 Å². The van der Waals surface area contributed by atoms with Gasteiger partial charge in [0, 0.05) is 11.9 Å². The number of nitrogens with two attached hydrogens (primary N) is 1. The minimum atomic E-state index is -1.81. The van der Waals surface area contributed by atoms with Gasteiger partial charge in [-0.2, -0.15) is 5.10 Å². The first-order chi connectivity index (χ1) is 13.2. The number of amides is 1. The molecule has 28 heavy (non-hydrogen) atoms. The van der Waals surface area contributed by atoms with E-state index in [9.17, 15) is 13.4 Å². The highest BCUT2D eigenvalue weighted by Gasteiger charge is 2.14. The summed E-state index contributed by atoms with van der Waals surface area (Å²) in [6, 6.07) is 7.75. The quantitative estimate of drug-likeness (QED) is 0.574. The van der Waals surface area contributed by atoms with Gasteiger partial charge in [0.1, 0.15) is 16.8 Å². The average Bonchev–Trinajstić information content (AvgIpc) is 3.05. The molecule has 3 aromatic rings. The number of nitrogens with one attached hydrogen (secondary N) is 1. The molecule has 0 aliphatic heterocycles. The van der Waals surface area contributed by atoms with E-state index in [0.717, 1.165) is 0 Å². The van der Waals surface area contributed by atoms with Gasteiger partial charge >= 0.3 is 0 Å². The SMILES string of the molecule is Cc1cc(F)c(Br)cc1CC(=O)Nc1ccc(-n2cc(Cl)cn2)c(S(N)=O)c1. The fraction of sp³-hybridized carbons (Fsp3) is 0.111. The average molecular weight is 486 g/mol. The van der Waals surface area contributed by atoms with E-state index in [1.165, 1.54) is 23.0 Å². The minimum Gasteiger partial charge on any atom is -0.326 e. The zero-order chi connectivity index (χ0) is 20.4. The molecule has 1 aromatic heterocycles. The van der Waals surface area contributed by atoms with Crippen molar-refractivity contribution in [1.29, 1.82) is 0 Å². The van der Waals surface area contributed by atoms with Crippen molar-refractivity contribution in [3.8, 4) is 5.69 Å². The van der Waals surface area contributed by atoms with E-state index in [2.05, 4.69) is 26.3 Å². The number of aryl methyl sites for hydroxylation is 1. The Kier molecular flexibility index (Phi) is 6.29. The molecule has 3 N–H and O–H groups in total. The van der Waals surface area contributed by atoms with Gasteiger partial charge in [-0.25, -0.2) is 18.4 Å². The van der Waals surface area contributed by atoms with Crippen molar-refractivity contribution in [2.75, 3.05) is 5.32 Å². The molecule has 0 bridgehead atoms. The lowest BCUT2D eigenvalue weighted by atomic mass is 10.1. The lowest BCUT2D eigenvalue weighted by molar-refractivity contribution is -0.115. The summed E-state index contributed by atoms with van der Waals surface area (Å²) in [5.74, 6) is -0.684. The molecule has 0 fully saturated rings. The number of carbonyl (C=O) groups excluding carboxylic acids is 1. The molecule has 0 aliphatic carbocycles. The highest BCUT2D eigenvalue weighted by atomic mass is 79.9. The molecule has 0 saturated heterocycles. The van der Waals surface area contributed by atoms with E-state index < -0.39 is 11.0 Å². The van der Waals surface area contributed by atoms with Crippen molar-refractivity contribution < 1.29 is 13.4 Å². The van der Waals surface area contributed by atoms with Gasteiger partial charge in [0.05, 0.1) is 32.7 Å². The van der Waals surface area contributed by atoms with Crippen LogP contribution in [0.25, 0.3) is 5.69 Å². The fourth-order valence-corrected chi connectivity index (χ4v) is 3.77. The Bertz CT molecular complexity index is 1090. The van der Waals surface area contributed by atoms with Crippen molar-refractivity contribution in [2.45, 2.75) is 18.2 Å². The first kappa shape index (κ1) is 20.7. The molecule has 146 valence electrons. The molecule has 10 heteroatoms. The van der Waals surface area contributed by atoms with E-state index >= 15 is 0 Å². The summed E-state index contributed by atoms with van der Waals surface area (Å²) < 4.78 is 27.2. The van der Waals surface area contributed by atoms with Gasteiger partial charge in [-0.05, 0) is 64.3 Å². The second kappa shape index (κ2) is 8.52. The molecule has 0 radical (unpaired) electrons. The molecule has 0 aliphatic rings. The Hall–Kier alpha value is -2.07. The van der Waals surface area contributed by atoms with Gasteiger partial charge in [-0.3, -0.25) is 4.79 Å². The first-order valence-electron chi connectivity index (χ1n) is 7.99. The number of nitrogens with zero attached hydrogens (tertiary/aromatic N) is 2. The zero-order valence-electron chi connectivity index (χ0n) is 14.6. The number of benzene rings is 2. The van der Waals surface area contributed by atoms with E-state index in [0.29, 0.717) is 36.9 Å². The summed E-state index contributed by atoms with van der Waals surface area (Å²) in [7, 11) is -1.81. The third-order valence-corrected chi connectivity index (χ3v) is 5.55. The highest BCUT2D eigenvalue weighted by molar-refractivity contribution is 9.10. The topological polar surface area (TPSA) is 90.0 Å². The van der Waals surface area contributed by atoms with Gasteiger partial charge < -0.3 is 5.32 Å². The van der Waals surface area contributed by atoms with E-state index in [1.807, 2.05) is 0 Å². The molecule has 1 amide bonds. The van der Waals surface area contributed by atoms with Crippen molar-refractivity contribution in [2.24, 2.45) is 5.14 Å². The molecule has 6 nitrogen and oxygen atoms in total. The first-order valence-corrected chi connectivity index (χ1v) is 10.4. The van der Waals surface area contributed by atoms with Crippen LogP contribution in [-0.2, 0) is 22.2 Å². The molecule has 2 aromatic carbocycles. The minimum absolute atomic E-state index is 0.0578. The van der Waals surface area contributed by atoms with Crippen LogP contribution in [0.4, 0.5) is 10.1 Å². The Labute approximate surface area is 176 Å². The Morgan fingerprint density at radius 1 is 1.39 bits per heavy atom. The number of hydrogen-bond acceptors (Lipinski definition) is 3. The van der Waals surface area contributed by atoms with Crippen LogP contribution in [0.1, 0.15) is 11.1 Å². The van der Waals surface area contributed by atoms with Crippen molar-refractivity contribution in [3.63, 3.8) is 0 Å². The van der Waals surface area contributed by atoms with Crippen LogP contribution in [0.2, 0.25) is 5.02 Å². The Morgan fingerprint density at radius 3 is 2.79 bits per heavy atom. The predicted octanol–water partition coefficient (Wildman–Crippen LogP) is 3.90. The van der Waals surface area contributed by atoms with Crippen LogP contribution in [0.3, 0.4) is 0 Å². The van der Waals surface area contributed by atoms with Gasteiger partial charge in [-0.15, -0.1) is 0 Å². The van der Waals surface area contributed by atoms with E-state index in [1.54, 1.807) is 31.3 Å². The maximum absolute atomic E-state index is 13.5. The number of anilines is 1. The van der Waals surface area contributed by atoms with Crippen molar-refractivity contribution in [3.05, 3.63) is 69.2 Å². The summed E-state index contributed by atoms with van der Waals surface area (Å²) in [5.41, 5.74) is 2.28. The summed E-state index contributed by atoms with van der Waals surface area (Å²) >= 11 is 9.00. The molecule has 1 heterocycles. The molecular formula is C18H15BrClFN4O2S.